The summed E-state index contributed by atoms with van der Waals surface area (Å²) in [6, 6.07) is 7.76. The van der Waals surface area contributed by atoms with Gasteiger partial charge in [0.1, 0.15) is 6.54 Å². The van der Waals surface area contributed by atoms with E-state index in [1.807, 2.05) is 31.2 Å². The molecule has 1 aliphatic heterocycles. The van der Waals surface area contributed by atoms with Crippen LogP contribution in [0.3, 0.4) is 0 Å². The molecule has 25 heavy (non-hydrogen) atoms. The number of hydrogen-bond donors (Lipinski definition) is 0. The molecule has 0 N–H and O–H groups in total. The fraction of sp³-hybridized carbons (Fsp3) is 0.389. The predicted octanol–water partition coefficient (Wildman–Crippen LogP) is 2.13. The number of thiazole rings is 1. The lowest BCUT2D eigenvalue weighted by atomic mass is 10.1. The summed E-state index contributed by atoms with van der Waals surface area (Å²) >= 11 is 1.04. The molecule has 7 heteroatoms. The maximum absolute atomic E-state index is 12.8. The van der Waals surface area contributed by atoms with Gasteiger partial charge in [-0.15, -0.1) is 0 Å². The molecule has 132 valence electrons. The fourth-order valence-corrected chi connectivity index (χ4v) is 3.84. The first-order valence-electron chi connectivity index (χ1n) is 8.14. The van der Waals surface area contributed by atoms with Gasteiger partial charge in [-0.3, -0.25) is 19.0 Å². The van der Waals surface area contributed by atoms with E-state index in [1.54, 1.807) is 24.1 Å². The summed E-state index contributed by atoms with van der Waals surface area (Å²) in [5.41, 5.74) is 2.68. The van der Waals surface area contributed by atoms with E-state index in [9.17, 15) is 14.4 Å². The van der Waals surface area contributed by atoms with Crippen molar-refractivity contribution in [3.63, 3.8) is 0 Å². The van der Waals surface area contributed by atoms with Crippen molar-refractivity contribution in [2.24, 2.45) is 0 Å². The molecular formula is C18H20N2O4S. The minimum Gasteiger partial charge on any atom is -0.451 e. The third-order valence-electron chi connectivity index (χ3n) is 4.36. The Morgan fingerprint density at radius 1 is 1.36 bits per heavy atom. The summed E-state index contributed by atoms with van der Waals surface area (Å²) in [4.78, 5) is 38.1. The zero-order chi connectivity index (χ0) is 18.1. The first kappa shape index (κ1) is 17.4. The highest BCUT2D eigenvalue weighted by Gasteiger charge is 2.34. The average molecular weight is 360 g/mol. The van der Waals surface area contributed by atoms with Gasteiger partial charge in [0.25, 0.3) is 5.91 Å². The number of esters is 1. The standard InChI is InChI=1S/C18H20N2O4S/c1-11-8-14-6-4-5-7-15(14)20(11)17(22)13(3)24-16(21)9-19-12(2)10-25-18(19)23/h4-7,10-11,13H,8-9H2,1-3H3/t11-,13-/m0/s1. The van der Waals surface area contributed by atoms with Crippen molar-refractivity contribution in [3.8, 4) is 0 Å². The molecule has 2 heterocycles. The van der Waals surface area contributed by atoms with E-state index in [-0.39, 0.29) is 23.4 Å². The minimum atomic E-state index is -0.907. The van der Waals surface area contributed by atoms with Crippen LogP contribution in [0.1, 0.15) is 25.1 Å². The predicted molar refractivity (Wildman–Crippen MR) is 96.0 cm³/mol. The van der Waals surface area contributed by atoms with Gasteiger partial charge in [0.2, 0.25) is 0 Å². The zero-order valence-electron chi connectivity index (χ0n) is 14.4. The third-order valence-corrected chi connectivity index (χ3v) is 5.25. The lowest BCUT2D eigenvalue weighted by Crippen LogP contribution is -2.43. The Balaban J connectivity index is 1.69. The SMILES string of the molecule is Cc1csc(=O)n1CC(=O)O[C@@H](C)C(=O)N1c2ccccc2C[C@@H]1C. The highest BCUT2D eigenvalue weighted by molar-refractivity contribution is 7.07. The third kappa shape index (κ3) is 3.37. The molecule has 2 atom stereocenters. The summed E-state index contributed by atoms with van der Waals surface area (Å²) in [6.07, 6.45) is -0.123. The summed E-state index contributed by atoms with van der Waals surface area (Å²) in [5.74, 6) is -0.843. The number of aromatic nitrogens is 1. The molecule has 3 rings (SSSR count). The number of amides is 1. The normalized spacial score (nSPS) is 17.2. The van der Waals surface area contributed by atoms with Crippen LogP contribution >= 0.6 is 11.3 Å². The quantitative estimate of drug-likeness (QED) is 0.784. The van der Waals surface area contributed by atoms with E-state index in [1.165, 1.54) is 4.57 Å². The molecule has 2 aromatic rings. The molecule has 1 amide bonds. The number of fused-ring (bicyclic) bond motifs is 1. The van der Waals surface area contributed by atoms with Crippen molar-refractivity contribution in [2.45, 2.75) is 45.9 Å². The van der Waals surface area contributed by atoms with Gasteiger partial charge in [-0.1, -0.05) is 29.5 Å². The second kappa shape index (κ2) is 6.84. The minimum absolute atomic E-state index is 0.0211. The Bertz CT molecular complexity index is 870. The fourth-order valence-electron chi connectivity index (χ4n) is 3.11. The highest BCUT2D eigenvalue weighted by atomic mass is 32.1. The van der Waals surface area contributed by atoms with Crippen molar-refractivity contribution >= 4 is 28.9 Å². The van der Waals surface area contributed by atoms with Crippen LogP contribution in [0.2, 0.25) is 0 Å². The molecule has 0 unspecified atom stereocenters. The Labute approximate surface area is 149 Å². The van der Waals surface area contributed by atoms with Crippen molar-refractivity contribution in [2.75, 3.05) is 4.90 Å². The largest absolute Gasteiger partial charge is 0.451 e. The molecule has 6 nitrogen and oxygen atoms in total. The van der Waals surface area contributed by atoms with Crippen LogP contribution < -0.4 is 9.77 Å². The Morgan fingerprint density at radius 2 is 2.08 bits per heavy atom. The van der Waals surface area contributed by atoms with Crippen LogP contribution in [0.15, 0.2) is 34.4 Å². The second-order valence-corrected chi connectivity index (χ2v) is 7.07. The maximum Gasteiger partial charge on any atom is 0.326 e. The van der Waals surface area contributed by atoms with Gasteiger partial charge < -0.3 is 9.64 Å². The number of nitrogens with zero attached hydrogens (tertiary/aromatic N) is 2. The molecule has 0 fully saturated rings. The molecule has 1 aromatic carbocycles. The number of carbonyl (C=O) groups is 2. The van der Waals surface area contributed by atoms with E-state index in [4.69, 9.17) is 4.74 Å². The summed E-state index contributed by atoms with van der Waals surface area (Å²) in [6.45, 7) is 5.11. The molecule has 0 bridgehead atoms. The second-order valence-electron chi connectivity index (χ2n) is 6.25. The lowest BCUT2D eigenvalue weighted by molar-refractivity contribution is -0.154. The van der Waals surface area contributed by atoms with Crippen LogP contribution in [-0.4, -0.2) is 28.6 Å². The zero-order valence-corrected chi connectivity index (χ0v) is 15.2. The van der Waals surface area contributed by atoms with Crippen LogP contribution in [0.4, 0.5) is 5.69 Å². The summed E-state index contributed by atoms with van der Waals surface area (Å²) < 4.78 is 6.63. The first-order chi connectivity index (χ1) is 11.9. The molecule has 0 spiro atoms. The van der Waals surface area contributed by atoms with Crippen LogP contribution in [-0.2, 0) is 27.3 Å². The van der Waals surface area contributed by atoms with E-state index in [0.717, 1.165) is 29.0 Å². The summed E-state index contributed by atoms with van der Waals surface area (Å²) in [7, 11) is 0. The van der Waals surface area contributed by atoms with Crippen molar-refractivity contribution in [3.05, 3.63) is 50.6 Å². The van der Waals surface area contributed by atoms with E-state index >= 15 is 0 Å². The maximum atomic E-state index is 12.8. The Hall–Kier alpha value is -2.41. The number of benzene rings is 1. The number of para-hydroxylation sites is 1. The number of hydrogen-bond acceptors (Lipinski definition) is 5. The molecule has 0 saturated heterocycles. The van der Waals surface area contributed by atoms with Crippen molar-refractivity contribution in [1.82, 2.24) is 4.57 Å². The number of carbonyl (C=O) groups excluding carboxylic acids is 2. The summed E-state index contributed by atoms with van der Waals surface area (Å²) in [5, 5.41) is 1.69. The van der Waals surface area contributed by atoms with Gasteiger partial charge in [0.05, 0.1) is 0 Å². The van der Waals surface area contributed by atoms with E-state index < -0.39 is 12.1 Å². The van der Waals surface area contributed by atoms with E-state index in [0.29, 0.717) is 5.69 Å². The number of rotatable bonds is 4. The molecular weight excluding hydrogens is 340 g/mol. The molecule has 0 radical (unpaired) electrons. The van der Waals surface area contributed by atoms with Gasteiger partial charge in [-0.25, -0.2) is 0 Å². The van der Waals surface area contributed by atoms with Gasteiger partial charge >= 0.3 is 10.8 Å². The van der Waals surface area contributed by atoms with Gasteiger partial charge in [-0.05, 0) is 38.8 Å². The van der Waals surface area contributed by atoms with Crippen molar-refractivity contribution in [1.29, 1.82) is 0 Å². The van der Waals surface area contributed by atoms with E-state index in [2.05, 4.69) is 0 Å². The molecule has 1 aliphatic rings. The Morgan fingerprint density at radius 3 is 2.76 bits per heavy atom. The number of ether oxygens (including phenoxy) is 1. The Kier molecular flexibility index (Phi) is 4.76. The topological polar surface area (TPSA) is 68.6 Å². The van der Waals surface area contributed by atoms with Gasteiger partial charge in [-0.2, -0.15) is 0 Å². The van der Waals surface area contributed by atoms with Crippen LogP contribution in [0.25, 0.3) is 0 Å². The van der Waals surface area contributed by atoms with Gasteiger partial charge in [0.15, 0.2) is 6.10 Å². The number of aryl methyl sites for hydroxylation is 1. The highest BCUT2D eigenvalue weighted by Crippen LogP contribution is 2.32. The smallest absolute Gasteiger partial charge is 0.326 e. The van der Waals surface area contributed by atoms with Crippen LogP contribution in [0.5, 0.6) is 0 Å². The lowest BCUT2D eigenvalue weighted by Gasteiger charge is -2.26. The monoisotopic (exact) mass is 360 g/mol. The average Bonchev–Trinajstić information content (AvgIpc) is 3.07. The van der Waals surface area contributed by atoms with Crippen molar-refractivity contribution < 1.29 is 14.3 Å². The molecule has 0 saturated carbocycles. The molecule has 0 aliphatic carbocycles. The number of anilines is 1. The van der Waals surface area contributed by atoms with Crippen LogP contribution in [0, 0.1) is 6.92 Å². The first-order valence-corrected chi connectivity index (χ1v) is 9.02. The molecule has 1 aromatic heterocycles. The van der Waals surface area contributed by atoms with Gasteiger partial charge in [0, 0.05) is 22.8 Å².